The van der Waals surface area contributed by atoms with Crippen molar-refractivity contribution in [3.05, 3.63) is 0 Å². The summed E-state index contributed by atoms with van der Waals surface area (Å²) in [4.78, 5) is 11.3. The summed E-state index contributed by atoms with van der Waals surface area (Å²) in [6, 6.07) is 0. The highest BCUT2D eigenvalue weighted by Gasteiger charge is 2.48. The summed E-state index contributed by atoms with van der Waals surface area (Å²) in [5.74, 6) is 6.18. The summed E-state index contributed by atoms with van der Waals surface area (Å²) >= 11 is 4.17. The number of carbonyl (C=O) groups is 1. The molecule has 2 fully saturated rings. The Morgan fingerprint density at radius 2 is 1.58 bits per heavy atom. The van der Waals surface area contributed by atoms with Crippen LogP contribution in [0.4, 0.5) is 0 Å². The van der Waals surface area contributed by atoms with Gasteiger partial charge >= 0.3 is 0 Å². The Morgan fingerprint density at radius 1 is 1.00 bits per heavy atom. The van der Waals surface area contributed by atoms with Crippen LogP contribution < -0.4 is 0 Å². The van der Waals surface area contributed by atoms with Crippen LogP contribution in [0.2, 0.25) is 0 Å². The maximum absolute atomic E-state index is 11.3. The number of rotatable bonds is 14. The number of thioether (sulfide) groups is 2. The molecule has 0 aromatic heterocycles. The molecule has 2 aliphatic rings. The van der Waals surface area contributed by atoms with Crippen LogP contribution in [-0.4, -0.2) is 58.4 Å². The second-order valence-electron chi connectivity index (χ2n) is 7.70. The quantitative estimate of drug-likeness (QED) is 0.255. The zero-order valence-electron chi connectivity index (χ0n) is 16.5. The van der Waals surface area contributed by atoms with Gasteiger partial charge in [-0.15, -0.1) is 0 Å². The van der Waals surface area contributed by atoms with E-state index < -0.39 is 0 Å². The number of ether oxygens (including phenoxy) is 1. The van der Waals surface area contributed by atoms with Gasteiger partial charge in [0.2, 0.25) is 5.91 Å². The highest BCUT2D eigenvalue weighted by Crippen LogP contribution is 2.46. The molecule has 2 bridgehead atoms. The van der Waals surface area contributed by atoms with E-state index in [1.165, 1.54) is 62.8 Å². The van der Waals surface area contributed by atoms with Crippen molar-refractivity contribution in [2.24, 2.45) is 11.8 Å². The Bertz CT molecular complexity index is 409. The predicted octanol–water partition coefficient (Wildman–Crippen LogP) is 4.84. The van der Waals surface area contributed by atoms with Crippen LogP contribution in [0.1, 0.15) is 64.7 Å². The Kier molecular flexibility index (Phi) is 10.8. The van der Waals surface area contributed by atoms with Crippen molar-refractivity contribution in [3.63, 3.8) is 0 Å². The van der Waals surface area contributed by atoms with Crippen LogP contribution >= 0.6 is 23.5 Å². The molecular formula is C20H37NO3S2. The van der Waals surface area contributed by atoms with E-state index in [0.717, 1.165) is 30.4 Å². The fraction of sp³-hybridized carbons (Fsp3) is 0.950. The standard InChI is InChI=1S/C20H37NO3S2/c1-3-4-5-7-12-25-14-16-17(19-11-10-18(16)24-19)15-26-13-8-6-9-20(22)21(2)23/h16-19,23H,3-15H2,1-2H3. The smallest absolute Gasteiger partial charge is 0.245 e. The number of hydroxylamine groups is 2. The van der Waals surface area contributed by atoms with Crippen LogP contribution in [0.5, 0.6) is 0 Å². The average Bonchev–Trinajstić information content (AvgIpc) is 3.22. The lowest BCUT2D eigenvalue weighted by atomic mass is 9.81. The molecule has 4 unspecified atom stereocenters. The van der Waals surface area contributed by atoms with E-state index >= 15 is 0 Å². The third-order valence-corrected chi connectivity index (χ3v) is 8.04. The fourth-order valence-electron chi connectivity index (χ4n) is 4.04. The molecular weight excluding hydrogens is 366 g/mol. The minimum Gasteiger partial charge on any atom is -0.374 e. The number of hydrogen-bond acceptors (Lipinski definition) is 5. The van der Waals surface area contributed by atoms with E-state index in [-0.39, 0.29) is 5.91 Å². The molecule has 152 valence electrons. The SMILES string of the molecule is CCCCCCSCC1C2CCC(O2)C1CSCCCCC(=O)N(C)O. The summed E-state index contributed by atoms with van der Waals surface area (Å²) in [5, 5.41) is 9.75. The molecule has 6 heteroatoms. The lowest BCUT2D eigenvalue weighted by molar-refractivity contribution is -0.159. The van der Waals surface area contributed by atoms with Crippen LogP contribution in [0, 0.1) is 11.8 Å². The highest BCUT2D eigenvalue weighted by atomic mass is 32.2. The largest absolute Gasteiger partial charge is 0.374 e. The molecule has 0 aliphatic carbocycles. The first-order valence-electron chi connectivity index (χ1n) is 10.4. The van der Waals surface area contributed by atoms with E-state index in [0.29, 0.717) is 23.7 Å². The van der Waals surface area contributed by atoms with Crippen molar-refractivity contribution in [2.45, 2.75) is 76.9 Å². The van der Waals surface area contributed by atoms with Crippen molar-refractivity contribution < 1.29 is 14.7 Å². The molecule has 0 aromatic rings. The number of fused-ring (bicyclic) bond motifs is 2. The highest BCUT2D eigenvalue weighted by molar-refractivity contribution is 7.99. The number of nitrogens with zero attached hydrogens (tertiary/aromatic N) is 1. The first-order chi connectivity index (χ1) is 12.6. The van der Waals surface area contributed by atoms with Gasteiger partial charge in [-0.3, -0.25) is 10.0 Å². The molecule has 1 amide bonds. The molecule has 4 atom stereocenters. The van der Waals surface area contributed by atoms with E-state index in [2.05, 4.69) is 18.7 Å². The van der Waals surface area contributed by atoms with Crippen molar-refractivity contribution in [3.8, 4) is 0 Å². The number of carbonyl (C=O) groups excluding carboxylic acids is 1. The number of hydrogen-bond donors (Lipinski definition) is 1. The van der Waals surface area contributed by atoms with Gasteiger partial charge in [-0.25, -0.2) is 5.06 Å². The van der Waals surface area contributed by atoms with Crippen molar-refractivity contribution in [2.75, 3.05) is 30.1 Å². The van der Waals surface area contributed by atoms with Gasteiger partial charge in [-0.1, -0.05) is 26.2 Å². The van der Waals surface area contributed by atoms with Crippen molar-refractivity contribution in [1.82, 2.24) is 5.06 Å². The number of amides is 1. The van der Waals surface area contributed by atoms with E-state index in [9.17, 15) is 4.79 Å². The molecule has 1 N–H and O–H groups in total. The topological polar surface area (TPSA) is 49.8 Å². The summed E-state index contributed by atoms with van der Waals surface area (Å²) in [6.07, 6.45) is 11.3. The Morgan fingerprint density at radius 3 is 2.12 bits per heavy atom. The van der Waals surface area contributed by atoms with Gasteiger partial charge in [-0.05, 0) is 55.1 Å². The minimum atomic E-state index is -0.187. The Balaban J connectivity index is 1.58. The zero-order valence-corrected chi connectivity index (χ0v) is 18.2. The van der Waals surface area contributed by atoms with E-state index in [1.54, 1.807) is 0 Å². The summed E-state index contributed by atoms with van der Waals surface area (Å²) in [5.41, 5.74) is 0. The summed E-state index contributed by atoms with van der Waals surface area (Å²) in [6.45, 7) is 2.27. The Labute approximate surface area is 168 Å². The molecule has 2 aliphatic heterocycles. The van der Waals surface area contributed by atoms with Crippen molar-refractivity contribution >= 4 is 29.4 Å². The molecule has 2 rings (SSSR count). The van der Waals surface area contributed by atoms with Crippen LogP contribution in [-0.2, 0) is 9.53 Å². The first kappa shape index (κ1) is 22.4. The maximum atomic E-state index is 11.3. The second-order valence-corrected chi connectivity index (χ2v) is 10.0. The van der Waals surface area contributed by atoms with Gasteiger partial charge in [0, 0.05) is 25.3 Å². The fourth-order valence-corrected chi connectivity index (χ4v) is 6.66. The van der Waals surface area contributed by atoms with E-state index in [1.807, 2.05) is 11.8 Å². The second kappa shape index (κ2) is 12.5. The maximum Gasteiger partial charge on any atom is 0.245 e. The van der Waals surface area contributed by atoms with Gasteiger partial charge in [0.1, 0.15) is 0 Å². The van der Waals surface area contributed by atoms with Crippen LogP contribution in [0.3, 0.4) is 0 Å². The third-order valence-electron chi connectivity index (χ3n) is 5.64. The predicted molar refractivity (Wildman–Crippen MR) is 112 cm³/mol. The molecule has 2 saturated heterocycles. The van der Waals surface area contributed by atoms with Gasteiger partial charge in [-0.2, -0.15) is 23.5 Å². The van der Waals surface area contributed by atoms with Gasteiger partial charge in [0.05, 0.1) is 12.2 Å². The lowest BCUT2D eigenvalue weighted by Gasteiger charge is -2.27. The van der Waals surface area contributed by atoms with Gasteiger partial charge in [0.25, 0.3) is 0 Å². The number of unbranched alkanes of at least 4 members (excludes halogenated alkanes) is 4. The molecule has 0 saturated carbocycles. The molecule has 0 spiro atoms. The monoisotopic (exact) mass is 403 g/mol. The normalized spacial score (nSPS) is 27.2. The molecule has 4 nitrogen and oxygen atoms in total. The van der Waals surface area contributed by atoms with Gasteiger partial charge in [0.15, 0.2) is 0 Å². The molecule has 0 radical (unpaired) electrons. The van der Waals surface area contributed by atoms with E-state index in [4.69, 9.17) is 9.94 Å². The van der Waals surface area contributed by atoms with Crippen LogP contribution in [0.25, 0.3) is 0 Å². The summed E-state index contributed by atoms with van der Waals surface area (Å²) < 4.78 is 6.22. The average molecular weight is 404 g/mol. The molecule has 26 heavy (non-hydrogen) atoms. The van der Waals surface area contributed by atoms with Crippen molar-refractivity contribution in [1.29, 1.82) is 0 Å². The van der Waals surface area contributed by atoms with Gasteiger partial charge < -0.3 is 4.74 Å². The third kappa shape index (κ3) is 7.25. The minimum absolute atomic E-state index is 0.187. The van der Waals surface area contributed by atoms with Crippen LogP contribution in [0.15, 0.2) is 0 Å². The molecule has 2 heterocycles. The molecule has 0 aromatic carbocycles. The lowest BCUT2D eigenvalue weighted by Crippen LogP contribution is -2.31. The first-order valence-corrected chi connectivity index (χ1v) is 12.7. The Hall–Kier alpha value is 0.0900. The summed E-state index contributed by atoms with van der Waals surface area (Å²) in [7, 11) is 1.40. The zero-order chi connectivity index (χ0) is 18.8.